The third-order valence-corrected chi connectivity index (χ3v) is 2.76. The molecule has 0 saturated carbocycles. The third kappa shape index (κ3) is 13.2. The first kappa shape index (κ1) is 17.2. The van der Waals surface area contributed by atoms with Crippen LogP contribution in [0, 0.1) is 0 Å². The number of ether oxygens (including phenoxy) is 1. The molecule has 0 aliphatic rings. The standard InChI is InChI=1S/C15H29NO2/c1-4-5-6-7-8-9-10-11-12-15(17)18-14-13-16(2)3/h11-12H,4-10,13-14H2,1-3H3/b12-11+. The molecule has 0 spiro atoms. The number of carbonyl (C=O) groups excluding carboxylic acids is 1. The van der Waals surface area contributed by atoms with Gasteiger partial charge in [0.1, 0.15) is 6.61 Å². The van der Waals surface area contributed by atoms with Crippen LogP contribution in [0.3, 0.4) is 0 Å². The van der Waals surface area contributed by atoms with Crippen LogP contribution in [-0.4, -0.2) is 38.1 Å². The van der Waals surface area contributed by atoms with Crippen LogP contribution in [0.5, 0.6) is 0 Å². The van der Waals surface area contributed by atoms with Crippen molar-refractivity contribution in [2.45, 2.75) is 51.9 Å². The van der Waals surface area contributed by atoms with Gasteiger partial charge in [0, 0.05) is 12.6 Å². The minimum absolute atomic E-state index is 0.220. The summed E-state index contributed by atoms with van der Waals surface area (Å²) in [5.74, 6) is -0.220. The Morgan fingerprint density at radius 1 is 1.11 bits per heavy atom. The van der Waals surface area contributed by atoms with E-state index < -0.39 is 0 Å². The smallest absolute Gasteiger partial charge is 0.330 e. The van der Waals surface area contributed by atoms with Crippen LogP contribution in [0.15, 0.2) is 12.2 Å². The van der Waals surface area contributed by atoms with E-state index >= 15 is 0 Å². The van der Waals surface area contributed by atoms with Gasteiger partial charge in [0.15, 0.2) is 0 Å². The molecule has 0 amide bonds. The molecular weight excluding hydrogens is 226 g/mol. The van der Waals surface area contributed by atoms with Gasteiger partial charge >= 0.3 is 5.97 Å². The second-order valence-electron chi connectivity index (χ2n) is 4.93. The monoisotopic (exact) mass is 255 g/mol. The molecule has 0 fully saturated rings. The molecule has 0 atom stereocenters. The second-order valence-corrected chi connectivity index (χ2v) is 4.93. The number of allylic oxidation sites excluding steroid dienone is 1. The summed E-state index contributed by atoms with van der Waals surface area (Å²) >= 11 is 0. The van der Waals surface area contributed by atoms with Crippen LogP contribution >= 0.6 is 0 Å². The second kappa shape index (κ2) is 12.6. The number of nitrogens with zero attached hydrogens (tertiary/aromatic N) is 1. The Morgan fingerprint density at radius 2 is 1.78 bits per heavy atom. The average molecular weight is 255 g/mol. The summed E-state index contributed by atoms with van der Waals surface area (Å²) < 4.78 is 5.05. The zero-order chi connectivity index (χ0) is 13.6. The van der Waals surface area contributed by atoms with Crippen LogP contribution in [0.2, 0.25) is 0 Å². The van der Waals surface area contributed by atoms with Crippen molar-refractivity contribution in [2.24, 2.45) is 0 Å². The van der Waals surface area contributed by atoms with Gasteiger partial charge in [-0.25, -0.2) is 4.79 Å². The maximum atomic E-state index is 11.3. The molecule has 3 heteroatoms. The normalized spacial score (nSPS) is 11.3. The van der Waals surface area contributed by atoms with Crippen molar-refractivity contribution in [2.75, 3.05) is 27.2 Å². The zero-order valence-electron chi connectivity index (χ0n) is 12.3. The Labute approximate surface area is 112 Å². The lowest BCUT2D eigenvalue weighted by Gasteiger charge is -2.08. The van der Waals surface area contributed by atoms with Crippen LogP contribution in [0.25, 0.3) is 0 Å². The van der Waals surface area contributed by atoms with E-state index in [-0.39, 0.29) is 5.97 Å². The number of hydrogen-bond donors (Lipinski definition) is 0. The van der Waals surface area contributed by atoms with Crippen LogP contribution in [0.4, 0.5) is 0 Å². The summed E-state index contributed by atoms with van der Waals surface area (Å²) in [5.41, 5.74) is 0. The van der Waals surface area contributed by atoms with Crippen molar-refractivity contribution in [3.8, 4) is 0 Å². The lowest BCUT2D eigenvalue weighted by molar-refractivity contribution is -0.138. The minimum atomic E-state index is -0.220. The summed E-state index contributed by atoms with van der Waals surface area (Å²) in [6, 6.07) is 0. The van der Waals surface area contributed by atoms with Gasteiger partial charge in [-0.1, -0.05) is 45.1 Å². The Hall–Kier alpha value is -0.830. The molecule has 0 rings (SSSR count). The van der Waals surface area contributed by atoms with E-state index in [1.165, 1.54) is 38.5 Å². The van der Waals surface area contributed by atoms with Crippen molar-refractivity contribution >= 4 is 5.97 Å². The summed E-state index contributed by atoms with van der Waals surface area (Å²) in [4.78, 5) is 13.3. The average Bonchev–Trinajstić information content (AvgIpc) is 2.32. The lowest BCUT2D eigenvalue weighted by Crippen LogP contribution is -2.19. The largest absolute Gasteiger partial charge is 0.461 e. The van der Waals surface area contributed by atoms with Crippen LogP contribution in [0.1, 0.15) is 51.9 Å². The fraction of sp³-hybridized carbons (Fsp3) is 0.800. The molecule has 0 N–H and O–H groups in total. The summed E-state index contributed by atoms with van der Waals surface area (Å²) in [7, 11) is 3.92. The van der Waals surface area contributed by atoms with Gasteiger partial charge in [0.2, 0.25) is 0 Å². The molecule has 0 bridgehead atoms. The number of hydrogen-bond acceptors (Lipinski definition) is 3. The van der Waals surface area contributed by atoms with Gasteiger partial charge in [-0.15, -0.1) is 0 Å². The maximum Gasteiger partial charge on any atom is 0.330 e. The topological polar surface area (TPSA) is 29.5 Å². The molecule has 0 heterocycles. The van der Waals surface area contributed by atoms with E-state index in [9.17, 15) is 4.79 Å². The predicted octanol–water partition coefficient (Wildman–Crippen LogP) is 3.40. The van der Waals surface area contributed by atoms with E-state index in [1.807, 2.05) is 25.1 Å². The Balaban J connectivity index is 3.32. The highest BCUT2D eigenvalue weighted by atomic mass is 16.5. The number of unbranched alkanes of at least 4 members (excludes halogenated alkanes) is 6. The summed E-state index contributed by atoms with van der Waals surface area (Å²) in [6.45, 7) is 3.47. The number of rotatable bonds is 11. The summed E-state index contributed by atoms with van der Waals surface area (Å²) in [5, 5.41) is 0. The van der Waals surface area contributed by atoms with Crippen LogP contribution < -0.4 is 0 Å². The molecule has 0 aromatic heterocycles. The molecule has 106 valence electrons. The minimum Gasteiger partial charge on any atom is -0.461 e. The molecule has 0 aliphatic heterocycles. The van der Waals surface area contributed by atoms with Gasteiger partial charge < -0.3 is 9.64 Å². The SMILES string of the molecule is CCCCCCCC/C=C/C(=O)OCCN(C)C. The lowest BCUT2D eigenvalue weighted by atomic mass is 10.1. The molecule has 0 radical (unpaired) electrons. The quantitative estimate of drug-likeness (QED) is 0.322. The fourth-order valence-electron chi connectivity index (χ4n) is 1.60. The van der Waals surface area contributed by atoms with Gasteiger partial charge in [-0.05, 0) is 26.9 Å². The highest BCUT2D eigenvalue weighted by molar-refractivity contribution is 5.81. The molecule has 18 heavy (non-hydrogen) atoms. The molecule has 0 aromatic rings. The Bertz CT molecular complexity index is 225. The van der Waals surface area contributed by atoms with Crippen molar-refractivity contribution in [1.82, 2.24) is 4.90 Å². The van der Waals surface area contributed by atoms with Crippen molar-refractivity contribution in [3.63, 3.8) is 0 Å². The molecule has 3 nitrogen and oxygen atoms in total. The zero-order valence-corrected chi connectivity index (χ0v) is 12.3. The van der Waals surface area contributed by atoms with Gasteiger partial charge in [-0.2, -0.15) is 0 Å². The highest BCUT2D eigenvalue weighted by Gasteiger charge is 1.96. The van der Waals surface area contributed by atoms with Gasteiger partial charge in [0.05, 0.1) is 0 Å². The van der Waals surface area contributed by atoms with Crippen LogP contribution in [-0.2, 0) is 9.53 Å². The Kier molecular flexibility index (Phi) is 12.0. The molecule has 0 aromatic carbocycles. The molecule has 0 saturated heterocycles. The fourth-order valence-corrected chi connectivity index (χ4v) is 1.60. The maximum absolute atomic E-state index is 11.3. The van der Waals surface area contributed by atoms with Gasteiger partial charge in [-0.3, -0.25) is 0 Å². The number of esters is 1. The van der Waals surface area contributed by atoms with E-state index in [4.69, 9.17) is 4.74 Å². The molecule has 0 unspecified atom stereocenters. The molecule has 0 aliphatic carbocycles. The predicted molar refractivity (Wildman–Crippen MR) is 76.6 cm³/mol. The first-order valence-corrected chi connectivity index (χ1v) is 7.14. The Morgan fingerprint density at radius 3 is 2.44 bits per heavy atom. The third-order valence-electron chi connectivity index (χ3n) is 2.76. The first-order chi connectivity index (χ1) is 8.66. The van der Waals surface area contributed by atoms with Crippen molar-refractivity contribution < 1.29 is 9.53 Å². The van der Waals surface area contributed by atoms with E-state index in [0.717, 1.165) is 13.0 Å². The number of likely N-dealkylation sites (N-methyl/N-ethyl adjacent to an activating group) is 1. The van der Waals surface area contributed by atoms with Crippen molar-refractivity contribution in [3.05, 3.63) is 12.2 Å². The highest BCUT2D eigenvalue weighted by Crippen LogP contribution is 2.07. The molecular formula is C15H29NO2. The van der Waals surface area contributed by atoms with Crippen molar-refractivity contribution in [1.29, 1.82) is 0 Å². The summed E-state index contributed by atoms with van der Waals surface area (Å²) in [6.07, 6.45) is 12.2. The number of carbonyl (C=O) groups is 1. The van der Waals surface area contributed by atoms with Gasteiger partial charge in [0.25, 0.3) is 0 Å². The van der Waals surface area contributed by atoms with E-state index in [1.54, 1.807) is 6.08 Å². The van der Waals surface area contributed by atoms with E-state index in [2.05, 4.69) is 6.92 Å². The van der Waals surface area contributed by atoms with E-state index in [0.29, 0.717) is 6.61 Å². The first-order valence-electron chi connectivity index (χ1n) is 7.14.